The first-order valence-electron chi connectivity index (χ1n) is 6.14. The topological polar surface area (TPSA) is 142 Å². The summed E-state index contributed by atoms with van der Waals surface area (Å²) >= 11 is 1.43. The van der Waals surface area contributed by atoms with Crippen LogP contribution < -0.4 is 11.5 Å². The van der Waals surface area contributed by atoms with E-state index in [0.717, 1.165) is 0 Å². The van der Waals surface area contributed by atoms with Crippen molar-refractivity contribution in [2.75, 3.05) is 23.8 Å². The Morgan fingerprint density at radius 2 is 2.29 bits per heavy atom. The highest BCUT2D eigenvalue weighted by molar-refractivity contribution is 7.99. The summed E-state index contributed by atoms with van der Waals surface area (Å²) < 4.78 is 7.20. The number of nitrogens with two attached hydrogens (primary N) is 2. The molecule has 0 fully saturated rings. The van der Waals surface area contributed by atoms with Crippen LogP contribution >= 0.6 is 11.8 Å². The number of nitrogen functional groups attached to an aromatic ring is 1. The number of aliphatic carboxylic acids is 1. The lowest BCUT2D eigenvalue weighted by Gasteiger charge is -2.07. The number of nitrogens with zero attached hydrogens (tertiary/aromatic N) is 4. The number of hydrogen-bond donors (Lipinski definition) is 3. The zero-order valence-corrected chi connectivity index (χ0v) is 12.0. The maximum atomic E-state index is 10.5. The molecule has 5 N–H and O–H groups in total. The molecule has 2 aromatic heterocycles. The zero-order valence-electron chi connectivity index (χ0n) is 11.2. The maximum Gasteiger partial charge on any atom is 0.321 e. The molecule has 2 heterocycles. The smallest absolute Gasteiger partial charge is 0.321 e. The summed E-state index contributed by atoms with van der Waals surface area (Å²) in [6, 6.07) is -0.840. The molecule has 0 unspecified atom stereocenters. The number of fused-ring (bicyclic) bond motifs is 1. The number of aromatic nitrogens is 4. The van der Waals surface area contributed by atoms with Crippen LogP contribution in [-0.4, -0.2) is 54.7 Å². The summed E-state index contributed by atoms with van der Waals surface area (Å²) in [5, 5.41) is 8.63. The van der Waals surface area contributed by atoms with Gasteiger partial charge in [-0.2, -0.15) is 11.8 Å². The van der Waals surface area contributed by atoms with Crippen molar-refractivity contribution >= 4 is 34.7 Å². The normalized spacial score (nSPS) is 12.6. The third kappa shape index (κ3) is 4.03. The van der Waals surface area contributed by atoms with Gasteiger partial charge in [0.15, 0.2) is 11.5 Å². The van der Waals surface area contributed by atoms with Crippen molar-refractivity contribution in [2.24, 2.45) is 5.73 Å². The third-order valence-corrected chi connectivity index (χ3v) is 3.70. The second kappa shape index (κ2) is 7.20. The van der Waals surface area contributed by atoms with Crippen LogP contribution in [0, 0.1) is 0 Å². The fraction of sp³-hybridized carbons (Fsp3) is 0.455. The van der Waals surface area contributed by atoms with E-state index in [1.165, 1.54) is 18.1 Å². The molecule has 0 aliphatic rings. The molecule has 0 saturated heterocycles. The summed E-state index contributed by atoms with van der Waals surface area (Å²) in [5.74, 6) is 0.351. The summed E-state index contributed by atoms with van der Waals surface area (Å²) in [5.41, 5.74) is 12.2. The molecule has 0 aliphatic carbocycles. The van der Waals surface area contributed by atoms with Crippen molar-refractivity contribution in [3.05, 3.63) is 12.7 Å². The second-order valence-electron chi connectivity index (χ2n) is 4.20. The lowest BCUT2D eigenvalue weighted by molar-refractivity contribution is -0.137. The van der Waals surface area contributed by atoms with Crippen LogP contribution in [-0.2, 0) is 16.3 Å². The molecule has 0 bridgehead atoms. The molecule has 2 aromatic rings. The number of carbonyl (C=O) groups is 1. The molecule has 0 aromatic carbocycles. The van der Waals surface area contributed by atoms with Gasteiger partial charge in [0.2, 0.25) is 0 Å². The van der Waals surface area contributed by atoms with Gasteiger partial charge in [0.05, 0.1) is 12.9 Å². The van der Waals surface area contributed by atoms with Crippen LogP contribution in [0.1, 0.15) is 0 Å². The van der Waals surface area contributed by atoms with E-state index in [9.17, 15) is 4.79 Å². The molecule has 114 valence electrons. The van der Waals surface area contributed by atoms with Gasteiger partial charge in [-0.1, -0.05) is 0 Å². The monoisotopic (exact) mass is 312 g/mol. The lowest BCUT2D eigenvalue weighted by Crippen LogP contribution is -2.32. The van der Waals surface area contributed by atoms with Crippen LogP contribution in [0.5, 0.6) is 0 Å². The van der Waals surface area contributed by atoms with Gasteiger partial charge in [0.1, 0.15) is 24.6 Å². The van der Waals surface area contributed by atoms with Crippen molar-refractivity contribution < 1.29 is 14.6 Å². The number of ether oxygens (including phenoxy) is 1. The minimum absolute atomic E-state index is 0.290. The van der Waals surface area contributed by atoms with E-state index >= 15 is 0 Å². The molecule has 2 rings (SSSR count). The van der Waals surface area contributed by atoms with Gasteiger partial charge >= 0.3 is 5.97 Å². The van der Waals surface area contributed by atoms with E-state index in [0.29, 0.717) is 41.8 Å². The Hall–Kier alpha value is -1.91. The van der Waals surface area contributed by atoms with Crippen LogP contribution in [0.15, 0.2) is 12.7 Å². The molecule has 1 atom stereocenters. The average Bonchev–Trinajstić information content (AvgIpc) is 2.87. The standard InChI is InChI=1S/C11H16N6O3S/c12-7(11(18)19)3-21-2-1-20-6-17-5-16-8-9(13)14-4-15-10(8)17/h4-5,7H,1-3,6,12H2,(H,18,19)(H2,13,14,15)/t7-/m0/s1. The zero-order chi connectivity index (χ0) is 15.2. The van der Waals surface area contributed by atoms with Crippen molar-refractivity contribution in [1.29, 1.82) is 0 Å². The number of imidazole rings is 1. The fourth-order valence-corrected chi connectivity index (χ4v) is 2.35. The summed E-state index contributed by atoms with van der Waals surface area (Å²) in [4.78, 5) is 22.6. The van der Waals surface area contributed by atoms with Gasteiger partial charge in [-0.25, -0.2) is 15.0 Å². The first kappa shape index (κ1) is 15.5. The van der Waals surface area contributed by atoms with E-state index in [-0.39, 0.29) is 0 Å². The maximum absolute atomic E-state index is 10.5. The van der Waals surface area contributed by atoms with Crippen LogP contribution in [0.4, 0.5) is 5.82 Å². The minimum Gasteiger partial charge on any atom is -0.480 e. The van der Waals surface area contributed by atoms with E-state index in [1.807, 2.05) is 0 Å². The Morgan fingerprint density at radius 3 is 3.05 bits per heavy atom. The molecule has 0 aliphatic heterocycles. The first-order valence-corrected chi connectivity index (χ1v) is 7.30. The van der Waals surface area contributed by atoms with Crippen LogP contribution in [0.2, 0.25) is 0 Å². The molecule has 0 spiro atoms. The predicted octanol–water partition coefficient (Wildman–Crippen LogP) is -0.472. The molecule has 0 radical (unpaired) electrons. The minimum atomic E-state index is -0.995. The molecular weight excluding hydrogens is 296 g/mol. The average molecular weight is 312 g/mol. The van der Waals surface area contributed by atoms with Crippen molar-refractivity contribution in [3.63, 3.8) is 0 Å². The molecule has 21 heavy (non-hydrogen) atoms. The number of rotatable bonds is 8. The molecule has 10 heteroatoms. The van der Waals surface area contributed by atoms with E-state index < -0.39 is 12.0 Å². The van der Waals surface area contributed by atoms with E-state index in [1.54, 1.807) is 10.9 Å². The molecule has 9 nitrogen and oxygen atoms in total. The van der Waals surface area contributed by atoms with Crippen LogP contribution in [0.3, 0.4) is 0 Å². The van der Waals surface area contributed by atoms with Gasteiger partial charge < -0.3 is 21.3 Å². The number of carboxylic acid groups (broad SMARTS) is 1. The number of thioether (sulfide) groups is 1. The number of anilines is 1. The highest BCUT2D eigenvalue weighted by Crippen LogP contribution is 2.14. The van der Waals surface area contributed by atoms with E-state index in [2.05, 4.69) is 15.0 Å². The molecule has 0 amide bonds. The highest BCUT2D eigenvalue weighted by atomic mass is 32.2. The summed E-state index contributed by atoms with van der Waals surface area (Å²) in [6.07, 6.45) is 2.96. The van der Waals surface area contributed by atoms with Crippen molar-refractivity contribution in [3.8, 4) is 0 Å². The number of hydrogen-bond acceptors (Lipinski definition) is 8. The third-order valence-electron chi connectivity index (χ3n) is 2.65. The predicted molar refractivity (Wildman–Crippen MR) is 78.6 cm³/mol. The molecular formula is C11H16N6O3S. The van der Waals surface area contributed by atoms with E-state index in [4.69, 9.17) is 21.3 Å². The summed E-state index contributed by atoms with van der Waals surface area (Å²) in [6.45, 7) is 0.760. The van der Waals surface area contributed by atoms with Crippen LogP contribution in [0.25, 0.3) is 11.2 Å². The Balaban J connectivity index is 1.73. The first-order chi connectivity index (χ1) is 10.1. The second-order valence-corrected chi connectivity index (χ2v) is 5.35. The Kier molecular flexibility index (Phi) is 5.31. The van der Waals surface area contributed by atoms with Gasteiger partial charge in [-0.15, -0.1) is 0 Å². The Labute approximate surface area is 124 Å². The quantitative estimate of drug-likeness (QED) is 0.551. The van der Waals surface area contributed by atoms with Gasteiger partial charge in [-0.3, -0.25) is 9.36 Å². The van der Waals surface area contributed by atoms with Crippen molar-refractivity contribution in [2.45, 2.75) is 12.8 Å². The number of carboxylic acids is 1. The van der Waals surface area contributed by atoms with Gasteiger partial charge in [-0.05, 0) is 0 Å². The SMILES string of the molecule is Nc1ncnc2c1ncn2COCCSC[C@H](N)C(=O)O. The van der Waals surface area contributed by atoms with Gasteiger partial charge in [0, 0.05) is 11.5 Å². The van der Waals surface area contributed by atoms with Gasteiger partial charge in [0.25, 0.3) is 0 Å². The molecule has 0 saturated carbocycles. The summed E-state index contributed by atoms with van der Waals surface area (Å²) in [7, 11) is 0. The largest absolute Gasteiger partial charge is 0.480 e. The Morgan fingerprint density at radius 1 is 1.48 bits per heavy atom. The fourth-order valence-electron chi connectivity index (χ4n) is 1.56. The highest BCUT2D eigenvalue weighted by Gasteiger charge is 2.10. The van der Waals surface area contributed by atoms with Crippen molar-refractivity contribution in [1.82, 2.24) is 19.5 Å². The Bertz CT molecular complexity index is 619. The lowest BCUT2D eigenvalue weighted by atomic mass is 10.4.